The van der Waals surface area contributed by atoms with E-state index in [0.717, 1.165) is 0 Å². The van der Waals surface area contributed by atoms with E-state index in [4.69, 9.17) is 14.2 Å². The normalized spacial score (nSPS) is 50.8. The van der Waals surface area contributed by atoms with E-state index >= 15 is 0 Å². The van der Waals surface area contributed by atoms with Crippen molar-refractivity contribution in [2.45, 2.75) is 57.4 Å². The fourth-order valence-electron chi connectivity index (χ4n) is 2.29. The van der Waals surface area contributed by atoms with Gasteiger partial charge in [0.1, 0.15) is 17.8 Å². The molecule has 0 aromatic carbocycles. The highest BCUT2D eigenvalue weighted by atomic mass is 16.8. The summed E-state index contributed by atoms with van der Waals surface area (Å²) in [6.45, 7) is 7.53. The van der Waals surface area contributed by atoms with Crippen LogP contribution in [0.4, 0.5) is 0 Å². The molecule has 2 fully saturated rings. The van der Waals surface area contributed by atoms with Gasteiger partial charge in [0.15, 0.2) is 5.79 Å². The van der Waals surface area contributed by atoms with Crippen molar-refractivity contribution in [2.75, 3.05) is 6.61 Å². The van der Waals surface area contributed by atoms with Crippen LogP contribution in [0, 0.1) is 0 Å². The molecule has 4 nitrogen and oxygen atoms in total. The SMILES string of the molecule is CC1OC(C)(CO)[C@@H]2OC(C)(C)O[C@H]12. The van der Waals surface area contributed by atoms with Crippen LogP contribution in [-0.2, 0) is 14.2 Å². The van der Waals surface area contributed by atoms with Gasteiger partial charge < -0.3 is 19.3 Å². The van der Waals surface area contributed by atoms with E-state index in [1.807, 2.05) is 27.7 Å². The van der Waals surface area contributed by atoms with Crippen molar-refractivity contribution < 1.29 is 19.3 Å². The fraction of sp³-hybridized carbons (Fsp3) is 1.00. The zero-order valence-electron chi connectivity index (χ0n) is 9.11. The van der Waals surface area contributed by atoms with E-state index in [1.54, 1.807) is 0 Å². The molecule has 2 saturated heterocycles. The van der Waals surface area contributed by atoms with Gasteiger partial charge in [-0.25, -0.2) is 0 Å². The lowest BCUT2D eigenvalue weighted by molar-refractivity contribution is -0.209. The van der Waals surface area contributed by atoms with Crippen molar-refractivity contribution in [3.05, 3.63) is 0 Å². The first-order valence-electron chi connectivity index (χ1n) is 5.02. The maximum Gasteiger partial charge on any atom is 0.164 e. The molecule has 0 saturated carbocycles. The highest BCUT2D eigenvalue weighted by Crippen LogP contribution is 2.43. The Morgan fingerprint density at radius 2 is 1.79 bits per heavy atom. The molecule has 0 bridgehead atoms. The molecule has 0 radical (unpaired) electrons. The molecular weight excluding hydrogens is 184 g/mol. The number of aliphatic hydroxyl groups is 1. The Kier molecular flexibility index (Phi) is 2.16. The quantitative estimate of drug-likeness (QED) is 0.679. The number of hydrogen-bond acceptors (Lipinski definition) is 4. The first-order chi connectivity index (χ1) is 6.38. The molecule has 82 valence electrons. The van der Waals surface area contributed by atoms with E-state index in [1.165, 1.54) is 0 Å². The summed E-state index contributed by atoms with van der Waals surface area (Å²) in [6.07, 6.45) is -0.265. The van der Waals surface area contributed by atoms with Crippen LogP contribution < -0.4 is 0 Å². The maximum absolute atomic E-state index is 9.30. The summed E-state index contributed by atoms with van der Waals surface area (Å²) in [5.41, 5.74) is -0.627. The number of aliphatic hydroxyl groups excluding tert-OH is 1. The molecule has 0 aromatic heterocycles. The van der Waals surface area contributed by atoms with Crippen molar-refractivity contribution in [3.8, 4) is 0 Å². The minimum absolute atomic E-state index is 0.0288. The number of rotatable bonds is 1. The lowest BCUT2D eigenvalue weighted by Gasteiger charge is -2.29. The highest BCUT2D eigenvalue weighted by Gasteiger charge is 2.59. The molecule has 14 heavy (non-hydrogen) atoms. The monoisotopic (exact) mass is 202 g/mol. The third-order valence-corrected chi connectivity index (χ3v) is 2.96. The molecule has 0 amide bonds. The van der Waals surface area contributed by atoms with Crippen LogP contribution in [0.5, 0.6) is 0 Å². The van der Waals surface area contributed by atoms with Crippen molar-refractivity contribution in [2.24, 2.45) is 0 Å². The second kappa shape index (κ2) is 2.92. The largest absolute Gasteiger partial charge is 0.393 e. The molecular formula is C10H18O4. The van der Waals surface area contributed by atoms with Gasteiger partial charge in [-0.05, 0) is 27.7 Å². The summed E-state index contributed by atoms with van der Waals surface area (Å²) in [6, 6.07) is 0. The van der Waals surface area contributed by atoms with E-state index in [9.17, 15) is 5.11 Å². The van der Waals surface area contributed by atoms with Gasteiger partial charge in [-0.1, -0.05) is 0 Å². The number of ether oxygens (including phenoxy) is 3. The average molecular weight is 202 g/mol. The Bertz CT molecular complexity index is 240. The molecule has 0 aliphatic carbocycles. The summed E-state index contributed by atoms with van der Waals surface area (Å²) in [5, 5.41) is 9.30. The molecule has 2 aliphatic rings. The third-order valence-electron chi connectivity index (χ3n) is 2.96. The van der Waals surface area contributed by atoms with Crippen molar-refractivity contribution in [1.82, 2.24) is 0 Å². The van der Waals surface area contributed by atoms with E-state index in [0.29, 0.717) is 0 Å². The second-order valence-corrected chi connectivity index (χ2v) is 4.81. The van der Waals surface area contributed by atoms with Crippen molar-refractivity contribution in [1.29, 1.82) is 0 Å². The van der Waals surface area contributed by atoms with Gasteiger partial charge in [-0.15, -0.1) is 0 Å². The molecule has 2 rings (SSSR count). The predicted octanol–water partition coefficient (Wildman–Crippen LogP) is 0.676. The molecule has 1 N–H and O–H groups in total. The minimum Gasteiger partial charge on any atom is -0.393 e. The van der Waals surface area contributed by atoms with Crippen LogP contribution in [0.15, 0.2) is 0 Å². The highest BCUT2D eigenvalue weighted by molar-refractivity contribution is 5.03. The van der Waals surface area contributed by atoms with Crippen molar-refractivity contribution >= 4 is 0 Å². The van der Waals surface area contributed by atoms with Crippen molar-refractivity contribution in [3.63, 3.8) is 0 Å². The molecule has 2 heterocycles. The molecule has 4 heteroatoms. The Morgan fingerprint density at radius 3 is 2.36 bits per heavy atom. The summed E-state index contributed by atoms with van der Waals surface area (Å²) < 4.78 is 17.1. The first kappa shape index (κ1) is 10.4. The maximum atomic E-state index is 9.30. The zero-order valence-corrected chi connectivity index (χ0v) is 9.11. The summed E-state index contributed by atoms with van der Waals surface area (Å²) in [4.78, 5) is 0. The Balaban J connectivity index is 2.23. The zero-order chi connectivity index (χ0) is 10.6. The number of fused-ring (bicyclic) bond motifs is 1. The fourth-order valence-corrected chi connectivity index (χ4v) is 2.29. The van der Waals surface area contributed by atoms with Gasteiger partial charge in [0, 0.05) is 0 Å². The van der Waals surface area contributed by atoms with Gasteiger partial charge >= 0.3 is 0 Å². The summed E-state index contributed by atoms with van der Waals surface area (Å²) in [5.74, 6) is -0.566. The van der Waals surface area contributed by atoms with E-state index in [-0.39, 0.29) is 24.9 Å². The lowest BCUT2D eigenvalue weighted by Crippen LogP contribution is -2.43. The average Bonchev–Trinajstić information content (AvgIpc) is 2.50. The smallest absolute Gasteiger partial charge is 0.164 e. The molecule has 2 aliphatic heterocycles. The lowest BCUT2D eigenvalue weighted by atomic mass is 9.98. The van der Waals surface area contributed by atoms with Crippen LogP contribution in [-0.4, -0.2) is 41.4 Å². The first-order valence-corrected chi connectivity index (χ1v) is 5.02. The van der Waals surface area contributed by atoms with E-state index < -0.39 is 11.4 Å². The van der Waals surface area contributed by atoms with Gasteiger partial charge in [0.05, 0.1) is 12.7 Å². The Morgan fingerprint density at radius 1 is 1.14 bits per heavy atom. The van der Waals surface area contributed by atoms with Crippen LogP contribution in [0.1, 0.15) is 27.7 Å². The van der Waals surface area contributed by atoms with E-state index in [2.05, 4.69) is 0 Å². The molecule has 0 aromatic rings. The molecule has 4 atom stereocenters. The van der Waals surface area contributed by atoms with Gasteiger partial charge in [0.25, 0.3) is 0 Å². The Hall–Kier alpha value is -0.160. The predicted molar refractivity (Wildman–Crippen MR) is 49.9 cm³/mol. The van der Waals surface area contributed by atoms with Crippen LogP contribution in [0.25, 0.3) is 0 Å². The van der Waals surface area contributed by atoms with Gasteiger partial charge in [-0.2, -0.15) is 0 Å². The molecule has 0 spiro atoms. The standard InChI is InChI=1S/C10H18O4/c1-6-7-8(10(4,5-11)12-6)14-9(2,3)13-7/h6-8,11H,5H2,1-4H3/t6?,7-,8-,10?/m1/s1. The van der Waals surface area contributed by atoms with Crippen LogP contribution in [0.3, 0.4) is 0 Å². The summed E-state index contributed by atoms with van der Waals surface area (Å²) in [7, 11) is 0. The summed E-state index contributed by atoms with van der Waals surface area (Å²) >= 11 is 0. The van der Waals surface area contributed by atoms with Gasteiger partial charge in [-0.3, -0.25) is 0 Å². The van der Waals surface area contributed by atoms with Gasteiger partial charge in [0.2, 0.25) is 0 Å². The second-order valence-electron chi connectivity index (χ2n) is 4.81. The Labute approximate surface area is 84.1 Å². The molecule has 2 unspecified atom stereocenters. The third kappa shape index (κ3) is 1.37. The minimum atomic E-state index is -0.627. The number of hydrogen-bond donors (Lipinski definition) is 1. The van der Waals surface area contributed by atoms with Crippen LogP contribution in [0.2, 0.25) is 0 Å². The topological polar surface area (TPSA) is 47.9 Å². The van der Waals surface area contributed by atoms with Crippen LogP contribution >= 0.6 is 0 Å².